The number of hydrogen-bond acceptors (Lipinski definition) is 5. The molecule has 148 valence electrons. The van der Waals surface area contributed by atoms with Gasteiger partial charge in [0.15, 0.2) is 5.96 Å². The van der Waals surface area contributed by atoms with Gasteiger partial charge in [0, 0.05) is 69.9 Å². The maximum atomic E-state index is 4.45. The molecule has 0 aliphatic carbocycles. The fourth-order valence-corrected chi connectivity index (χ4v) is 3.43. The van der Waals surface area contributed by atoms with E-state index >= 15 is 0 Å². The van der Waals surface area contributed by atoms with E-state index in [0.29, 0.717) is 0 Å². The van der Waals surface area contributed by atoms with Crippen molar-refractivity contribution in [2.24, 2.45) is 4.99 Å². The van der Waals surface area contributed by atoms with E-state index in [4.69, 9.17) is 0 Å². The Kier molecular flexibility index (Phi) is 7.01. The average Bonchev–Trinajstić information content (AvgIpc) is 3.15. The molecule has 1 fully saturated rings. The van der Waals surface area contributed by atoms with Crippen molar-refractivity contribution in [1.29, 1.82) is 0 Å². The van der Waals surface area contributed by atoms with Crippen LogP contribution < -0.4 is 10.2 Å². The standard InChI is InChI=1S/C19H24N8.HI/c1-20-18(24-9-5-15-14-25-17-16(15)4-2-6-21-17)26-10-12-27(13-11-26)19-22-7-3-8-23-19;/h2-4,6-8,14H,5,9-13H2,1H3,(H,20,24)(H,21,25);1H. The van der Waals surface area contributed by atoms with Gasteiger partial charge in [-0.3, -0.25) is 4.99 Å². The highest BCUT2D eigenvalue weighted by Crippen LogP contribution is 2.15. The number of piperazine rings is 1. The molecule has 0 amide bonds. The number of aromatic nitrogens is 4. The lowest BCUT2D eigenvalue weighted by atomic mass is 10.1. The summed E-state index contributed by atoms with van der Waals surface area (Å²) in [5, 5.41) is 4.67. The van der Waals surface area contributed by atoms with Gasteiger partial charge in [-0.1, -0.05) is 0 Å². The van der Waals surface area contributed by atoms with Crippen LogP contribution in [0.5, 0.6) is 0 Å². The van der Waals surface area contributed by atoms with Crippen LogP contribution in [0.25, 0.3) is 11.0 Å². The highest BCUT2D eigenvalue weighted by Gasteiger charge is 2.20. The van der Waals surface area contributed by atoms with E-state index < -0.39 is 0 Å². The van der Waals surface area contributed by atoms with Crippen molar-refractivity contribution < 1.29 is 0 Å². The molecule has 0 aromatic carbocycles. The van der Waals surface area contributed by atoms with Gasteiger partial charge in [0.1, 0.15) is 5.65 Å². The lowest BCUT2D eigenvalue weighted by Crippen LogP contribution is -2.53. The number of nitrogens with one attached hydrogen (secondary N) is 2. The Balaban J connectivity index is 0.00000225. The van der Waals surface area contributed by atoms with Crippen molar-refractivity contribution in [2.45, 2.75) is 6.42 Å². The van der Waals surface area contributed by atoms with Crippen molar-refractivity contribution in [3.05, 3.63) is 48.5 Å². The first-order valence-corrected chi connectivity index (χ1v) is 9.23. The maximum absolute atomic E-state index is 4.45. The Hall–Kier alpha value is -2.43. The van der Waals surface area contributed by atoms with E-state index in [2.05, 4.69) is 46.1 Å². The summed E-state index contributed by atoms with van der Waals surface area (Å²) in [7, 11) is 1.84. The summed E-state index contributed by atoms with van der Waals surface area (Å²) >= 11 is 0. The molecule has 0 saturated carbocycles. The number of guanidine groups is 1. The number of halogens is 1. The van der Waals surface area contributed by atoms with Crippen molar-refractivity contribution in [1.82, 2.24) is 30.2 Å². The second kappa shape index (κ2) is 9.67. The molecule has 2 N–H and O–H groups in total. The van der Waals surface area contributed by atoms with Crippen LogP contribution in [0.1, 0.15) is 5.56 Å². The quantitative estimate of drug-likeness (QED) is 0.329. The lowest BCUT2D eigenvalue weighted by molar-refractivity contribution is 0.370. The molecule has 3 aromatic rings. The Labute approximate surface area is 181 Å². The van der Waals surface area contributed by atoms with E-state index in [-0.39, 0.29) is 24.0 Å². The third-order valence-corrected chi connectivity index (χ3v) is 4.84. The molecule has 0 unspecified atom stereocenters. The number of anilines is 1. The third-order valence-electron chi connectivity index (χ3n) is 4.84. The minimum atomic E-state index is 0. The second-order valence-corrected chi connectivity index (χ2v) is 6.46. The number of H-pyrrole nitrogens is 1. The molecule has 8 nitrogen and oxygen atoms in total. The average molecular weight is 492 g/mol. The van der Waals surface area contributed by atoms with Crippen LogP contribution in [0.2, 0.25) is 0 Å². The van der Waals surface area contributed by atoms with Crippen molar-refractivity contribution >= 4 is 46.9 Å². The molecule has 0 radical (unpaired) electrons. The zero-order valence-corrected chi connectivity index (χ0v) is 18.2. The molecule has 9 heteroatoms. The number of aliphatic imine (C=N–C) groups is 1. The van der Waals surface area contributed by atoms with Gasteiger partial charge in [-0.05, 0) is 30.2 Å². The largest absolute Gasteiger partial charge is 0.356 e. The minimum Gasteiger partial charge on any atom is -0.356 e. The van der Waals surface area contributed by atoms with E-state index in [1.54, 1.807) is 12.4 Å². The second-order valence-electron chi connectivity index (χ2n) is 6.46. The first-order valence-electron chi connectivity index (χ1n) is 9.23. The predicted molar refractivity (Wildman–Crippen MR) is 122 cm³/mol. The first-order chi connectivity index (χ1) is 13.3. The SMILES string of the molecule is CN=C(NCCc1c[nH]c2ncccc12)N1CCN(c2ncccn2)CC1.I. The molecular weight excluding hydrogens is 467 g/mol. The molecule has 4 rings (SSSR count). The topological polar surface area (TPSA) is 85.3 Å². The van der Waals surface area contributed by atoms with E-state index in [1.165, 1.54) is 10.9 Å². The van der Waals surface area contributed by atoms with E-state index in [1.807, 2.05) is 31.6 Å². The number of nitrogens with zero attached hydrogens (tertiary/aromatic N) is 6. The number of aromatic amines is 1. The van der Waals surface area contributed by atoms with Crippen LogP contribution in [-0.4, -0.2) is 70.6 Å². The molecule has 1 aliphatic rings. The highest BCUT2D eigenvalue weighted by atomic mass is 127. The Morgan fingerprint density at radius 2 is 1.86 bits per heavy atom. The first kappa shape index (κ1) is 20.3. The predicted octanol–water partition coefficient (Wildman–Crippen LogP) is 1.91. The van der Waals surface area contributed by atoms with Gasteiger partial charge >= 0.3 is 0 Å². The number of hydrogen-bond donors (Lipinski definition) is 2. The zero-order chi connectivity index (χ0) is 18.5. The molecule has 0 atom stereocenters. The summed E-state index contributed by atoms with van der Waals surface area (Å²) in [5.41, 5.74) is 2.21. The summed E-state index contributed by atoms with van der Waals surface area (Å²) in [5.74, 6) is 1.75. The van der Waals surface area contributed by atoms with E-state index in [9.17, 15) is 0 Å². The Bertz CT molecular complexity index is 902. The molecule has 1 aliphatic heterocycles. The lowest BCUT2D eigenvalue weighted by Gasteiger charge is -2.36. The molecule has 4 heterocycles. The molecule has 0 spiro atoms. The maximum Gasteiger partial charge on any atom is 0.225 e. The molecule has 1 saturated heterocycles. The van der Waals surface area contributed by atoms with E-state index in [0.717, 1.165) is 56.7 Å². The van der Waals surface area contributed by atoms with Gasteiger partial charge in [-0.2, -0.15) is 0 Å². The van der Waals surface area contributed by atoms with Crippen LogP contribution in [0.3, 0.4) is 0 Å². The monoisotopic (exact) mass is 492 g/mol. The molecule has 28 heavy (non-hydrogen) atoms. The third kappa shape index (κ3) is 4.51. The van der Waals surface area contributed by atoms with Crippen LogP contribution in [0, 0.1) is 0 Å². The van der Waals surface area contributed by atoms with Gasteiger partial charge in [-0.25, -0.2) is 15.0 Å². The fraction of sp³-hybridized carbons (Fsp3) is 0.368. The van der Waals surface area contributed by atoms with Crippen LogP contribution in [-0.2, 0) is 6.42 Å². The highest BCUT2D eigenvalue weighted by molar-refractivity contribution is 14.0. The Morgan fingerprint density at radius 3 is 2.61 bits per heavy atom. The summed E-state index contributed by atoms with van der Waals surface area (Å²) in [6, 6.07) is 5.92. The van der Waals surface area contributed by atoms with Crippen LogP contribution in [0.4, 0.5) is 5.95 Å². The summed E-state index contributed by atoms with van der Waals surface area (Å²) in [4.78, 5) is 25.2. The smallest absolute Gasteiger partial charge is 0.225 e. The van der Waals surface area contributed by atoms with Crippen molar-refractivity contribution in [3.8, 4) is 0 Å². The number of rotatable bonds is 4. The Morgan fingerprint density at radius 1 is 1.11 bits per heavy atom. The number of fused-ring (bicyclic) bond motifs is 1. The minimum absolute atomic E-state index is 0. The van der Waals surface area contributed by atoms with Gasteiger partial charge in [-0.15, -0.1) is 24.0 Å². The zero-order valence-electron chi connectivity index (χ0n) is 15.9. The molecule has 3 aromatic heterocycles. The fourth-order valence-electron chi connectivity index (χ4n) is 3.43. The van der Waals surface area contributed by atoms with Crippen molar-refractivity contribution in [2.75, 3.05) is 44.7 Å². The van der Waals surface area contributed by atoms with Crippen LogP contribution in [0.15, 0.2) is 48.0 Å². The van der Waals surface area contributed by atoms with Crippen LogP contribution >= 0.6 is 24.0 Å². The van der Waals surface area contributed by atoms with Gasteiger partial charge in [0.2, 0.25) is 5.95 Å². The van der Waals surface area contributed by atoms with Gasteiger partial charge in [0.05, 0.1) is 0 Å². The molecular formula is C19H25IN8. The van der Waals surface area contributed by atoms with Gasteiger partial charge < -0.3 is 20.1 Å². The van der Waals surface area contributed by atoms with Gasteiger partial charge in [0.25, 0.3) is 0 Å². The van der Waals surface area contributed by atoms with Crippen molar-refractivity contribution in [3.63, 3.8) is 0 Å². The summed E-state index contributed by atoms with van der Waals surface area (Å²) in [6.07, 6.45) is 8.34. The summed E-state index contributed by atoms with van der Waals surface area (Å²) in [6.45, 7) is 4.40. The molecule has 0 bridgehead atoms. The summed E-state index contributed by atoms with van der Waals surface area (Å²) < 4.78 is 0. The normalized spacial score (nSPS) is 14.8. The number of pyridine rings is 1.